The summed E-state index contributed by atoms with van der Waals surface area (Å²) in [5.41, 5.74) is 1.86. The molecule has 0 radical (unpaired) electrons. The maximum atomic E-state index is 12.1. The molecule has 0 N–H and O–H groups in total. The third-order valence-corrected chi connectivity index (χ3v) is 5.73. The van der Waals surface area contributed by atoms with E-state index in [0.717, 1.165) is 17.6 Å². The second kappa shape index (κ2) is 6.00. The second-order valence-corrected chi connectivity index (χ2v) is 7.48. The summed E-state index contributed by atoms with van der Waals surface area (Å²) in [6, 6.07) is 0. The monoisotopic (exact) mass is 348 g/mol. The van der Waals surface area contributed by atoms with E-state index in [-0.39, 0.29) is 18.0 Å². The molecule has 5 atom stereocenters. The van der Waals surface area contributed by atoms with E-state index >= 15 is 0 Å². The van der Waals surface area contributed by atoms with Gasteiger partial charge in [0.1, 0.15) is 18.3 Å². The Morgan fingerprint density at radius 1 is 1.24 bits per heavy atom. The van der Waals surface area contributed by atoms with Crippen molar-refractivity contribution in [1.82, 2.24) is 0 Å². The van der Waals surface area contributed by atoms with E-state index in [0.29, 0.717) is 18.4 Å². The first kappa shape index (κ1) is 17.7. The zero-order valence-corrected chi connectivity index (χ0v) is 15.1. The lowest BCUT2D eigenvalue weighted by molar-refractivity contribution is -0.165. The van der Waals surface area contributed by atoms with Gasteiger partial charge in [0.2, 0.25) is 0 Å². The summed E-state index contributed by atoms with van der Waals surface area (Å²) in [5.74, 6) is -1.60. The van der Waals surface area contributed by atoms with Crippen molar-refractivity contribution in [3.63, 3.8) is 0 Å². The largest absolute Gasteiger partial charge is 0.462 e. The van der Waals surface area contributed by atoms with Gasteiger partial charge in [0, 0.05) is 24.8 Å². The Kier molecular flexibility index (Phi) is 4.25. The number of ether oxygens (including phenoxy) is 3. The van der Waals surface area contributed by atoms with E-state index in [1.807, 2.05) is 13.8 Å². The Balaban J connectivity index is 2.10. The number of rotatable bonds is 2. The molecular formula is C19H24O6. The molecule has 25 heavy (non-hydrogen) atoms. The summed E-state index contributed by atoms with van der Waals surface area (Å²) in [7, 11) is 0. The Morgan fingerprint density at radius 3 is 2.48 bits per heavy atom. The van der Waals surface area contributed by atoms with Crippen molar-refractivity contribution in [2.24, 2.45) is 11.3 Å². The molecule has 0 amide bonds. The third kappa shape index (κ3) is 2.77. The van der Waals surface area contributed by atoms with Gasteiger partial charge in [-0.1, -0.05) is 19.1 Å². The van der Waals surface area contributed by atoms with Crippen molar-refractivity contribution in [3.05, 3.63) is 23.3 Å². The topological polar surface area (TPSA) is 78.9 Å². The zero-order valence-electron chi connectivity index (χ0n) is 15.1. The van der Waals surface area contributed by atoms with Crippen molar-refractivity contribution < 1.29 is 28.6 Å². The van der Waals surface area contributed by atoms with Crippen LogP contribution in [-0.2, 0) is 28.6 Å². The van der Waals surface area contributed by atoms with Crippen LogP contribution < -0.4 is 0 Å². The van der Waals surface area contributed by atoms with Gasteiger partial charge in [0.15, 0.2) is 0 Å². The molecule has 2 fully saturated rings. The number of hydrogen-bond donors (Lipinski definition) is 0. The van der Waals surface area contributed by atoms with E-state index in [9.17, 15) is 14.4 Å². The van der Waals surface area contributed by atoms with Crippen molar-refractivity contribution in [2.75, 3.05) is 0 Å². The Hall–Kier alpha value is -2.11. The molecule has 1 saturated carbocycles. The molecule has 3 aliphatic rings. The van der Waals surface area contributed by atoms with Gasteiger partial charge in [-0.2, -0.15) is 0 Å². The normalized spacial score (nSPS) is 37.1. The fourth-order valence-corrected chi connectivity index (χ4v) is 4.76. The van der Waals surface area contributed by atoms with Gasteiger partial charge in [-0.3, -0.25) is 9.59 Å². The summed E-state index contributed by atoms with van der Waals surface area (Å²) >= 11 is 0. The van der Waals surface area contributed by atoms with Crippen LogP contribution in [0.4, 0.5) is 0 Å². The van der Waals surface area contributed by atoms with E-state index < -0.39 is 29.6 Å². The molecule has 0 spiro atoms. The van der Waals surface area contributed by atoms with Crippen LogP contribution in [0, 0.1) is 11.3 Å². The number of esters is 3. The summed E-state index contributed by atoms with van der Waals surface area (Å²) in [6.07, 6.45) is 0.588. The molecule has 0 aromatic carbocycles. The van der Waals surface area contributed by atoms with Gasteiger partial charge in [-0.15, -0.1) is 0 Å². The van der Waals surface area contributed by atoms with Crippen molar-refractivity contribution in [1.29, 1.82) is 0 Å². The number of fused-ring (bicyclic) bond motifs is 2. The lowest BCUT2D eigenvalue weighted by atomic mass is 9.57. The van der Waals surface area contributed by atoms with Crippen LogP contribution >= 0.6 is 0 Å². The molecule has 136 valence electrons. The molecule has 1 saturated heterocycles. The Bertz CT molecular complexity index is 690. The molecule has 1 aliphatic heterocycles. The molecule has 0 aromatic rings. The average Bonchev–Trinajstić information content (AvgIpc) is 2.75. The lowest BCUT2D eigenvalue weighted by Crippen LogP contribution is -2.54. The Labute approximate surface area is 147 Å². The van der Waals surface area contributed by atoms with Gasteiger partial charge in [0.25, 0.3) is 0 Å². The predicted molar refractivity (Wildman–Crippen MR) is 88.3 cm³/mol. The molecule has 6 heteroatoms. The highest BCUT2D eigenvalue weighted by molar-refractivity contribution is 5.91. The first-order valence-electron chi connectivity index (χ1n) is 8.59. The molecule has 0 unspecified atom stereocenters. The van der Waals surface area contributed by atoms with Gasteiger partial charge in [-0.25, -0.2) is 4.79 Å². The maximum absolute atomic E-state index is 12.1. The summed E-state index contributed by atoms with van der Waals surface area (Å²) < 4.78 is 16.7. The van der Waals surface area contributed by atoms with Gasteiger partial charge in [-0.05, 0) is 31.8 Å². The predicted octanol–water partition coefficient (Wildman–Crippen LogP) is 2.47. The van der Waals surface area contributed by atoms with Crippen LogP contribution in [0.3, 0.4) is 0 Å². The SMILES string of the molecule is C=C1C(=O)O[C@H]2C[C@]3(C)C(=C(C)CC[C@H]3OC(C)=O)[C@@H](OC(C)=O)[C@H]12. The van der Waals surface area contributed by atoms with Crippen molar-refractivity contribution in [2.45, 2.75) is 65.3 Å². The number of carbonyl (C=O) groups excluding carboxylic acids is 3. The molecule has 0 bridgehead atoms. The highest BCUT2D eigenvalue weighted by Crippen LogP contribution is 2.56. The fraction of sp³-hybridized carbons (Fsp3) is 0.632. The van der Waals surface area contributed by atoms with Crippen LogP contribution in [-0.4, -0.2) is 36.2 Å². The second-order valence-electron chi connectivity index (χ2n) is 7.48. The minimum atomic E-state index is -0.612. The van der Waals surface area contributed by atoms with E-state index in [1.165, 1.54) is 13.8 Å². The summed E-state index contributed by atoms with van der Waals surface area (Å²) in [5, 5.41) is 0. The zero-order chi connectivity index (χ0) is 18.5. The van der Waals surface area contributed by atoms with Gasteiger partial charge >= 0.3 is 17.9 Å². The van der Waals surface area contributed by atoms with Crippen molar-refractivity contribution >= 4 is 17.9 Å². The quantitative estimate of drug-likeness (QED) is 0.330. The van der Waals surface area contributed by atoms with Crippen molar-refractivity contribution in [3.8, 4) is 0 Å². The first-order valence-corrected chi connectivity index (χ1v) is 8.59. The van der Waals surface area contributed by atoms with E-state index in [1.54, 1.807) is 0 Å². The standard InChI is InChI=1S/C19H24O6/c1-9-6-7-14(23-11(3)20)19(5)8-13-15(10(2)18(22)25-13)17(16(9)19)24-12(4)21/h13-15,17H,2,6-8H2,1,3-5H3/t13-,14+,15+,17-,19-/m0/s1. The van der Waals surface area contributed by atoms with Crippen LogP contribution in [0.2, 0.25) is 0 Å². The Morgan fingerprint density at radius 2 is 1.88 bits per heavy atom. The highest BCUT2D eigenvalue weighted by atomic mass is 16.6. The minimum Gasteiger partial charge on any atom is -0.462 e. The minimum absolute atomic E-state index is 0.338. The van der Waals surface area contributed by atoms with Crippen LogP contribution in [0.1, 0.15) is 47.0 Å². The van der Waals surface area contributed by atoms with E-state index in [2.05, 4.69) is 6.58 Å². The first-order chi connectivity index (χ1) is 11.6. The number of hydrogen-bond acceptors (Lipinski definition) is 6. The summed E-state index contributed by atoms with van der Waals surface area (Å²) in [6.45, 7) is 10.6. The molecular weight excluding hydrogens is 324 g/mol. The fourth-order valence-electron chi connectivity index (χ4n) is 4.76. The van der Waals surface area contributed by atoms with Crippen LogP contribution in [0.25, 0.3) is 0 Å². The smallest absolute Gasteiger partial charge is 0.334 e. The molecule has 2 aliphatic carbocycles. The number of allylic oxidation sites excluding steroid dienone is 1. The van der Waals surface area contributed by atoms with Gasteiger partial charge < -0.3 is 14.2 Å². The van der Waals surface area contributed by atoms with Gasteiger partial charge in [0.05, 0.1) is 5.92 Å². The lowest BCUT2D eigenvalue weighted by Gasteiger charge is -2.51. The molecule has 3 rings (SSSR count). The summed E-state index contributed by atoms with van der Waals surface area (Å²) in [4.78, 5) is 35.4. The van der Waals surface area contributed by atoms with Crippen LogP contribution in [0.15, 0.2) is 23.3 Å². The number of carbonyl (C=O) groups is 3. The van der Waals surface area contributed by atoms with E-state index in [4.69, 9.17) is 14.2 Å². The maximum Gasteiger partial charge on any atom is 0.334 e. The molecule has 1 heterocycles. The average molecular weight is 348 g/mol. The molecule has 0 aromatic heterocycles. The highest BCUT2D eigenvalue weighted by Gasteiger charge is 2.60. The van der Waals surface area contributed by atoms with Crippen LogP contribution in [0.5, 0.6) is 0 Å². The third-order valence-electron chi connectivity index (χ3n) is 5.73. The molecule has 6 nitrogen and oxygen atoms in total.